The first kappa shape index (κ1) is 11.2. The lowest BCUT2D eigenvalue weighted by Gasteiger charge is -2.07. The van der Waals surface area contributed by atoms with E-state index in [1.165, 1.54) is 16.7 Å². The standard InChI is InChI=1S/C12H14BrN3/c1-8-3-9(2)5-10(4-8)7-16-12(14)11(13)6-15-16/h3-6H,7,14H2,1-2H3. The van der Waals surface area contributed by atoms with E-state index in [0.29, 0.717) is 12.4 Å². The summed E-state index contributed by atoms with van der Waals surface area (Å²) in [5.41, 5.74) is 9.63. The molecule has 1 aromatic heterocycles. The van der Waals surface area contributed by atoms with Gasteiger partial charge in [0.2, 0.25) is 0 Å². The Hall–Kier alpha value is -1.29. The van der Waals surface area contributed by atoms with Gasteiger partial charge in [0.1, 0.15) is 5.82 Å². The van der Waals surface area contributed by atoms with Crippen molar-refractivity contribution in [3.63, 3.8) is 0 Å². The number of nitrogen functional groups attached to an aromatic ring is 1. The molecule has 0 aliphatic rings. The van der Waals surface area contributed by atoms with Gasteiger partial charge >= 0.3 is 0 Å². The van der Waals surface area contributed by atoms with Crippen molar-refractivity contribution in [2.24, 2.45) is 0 Å². The zero-order valence-electron chi connectivity index (χ0n) is 9.37. The van der Waals surface area contributed by atoms with E-state index in [-0.39, 0.29) is 0 Å². The number of hydrogen-bond donors (Lipinski definition) is 1. The summed E-state index contributed by atoms with van der Waals surface area (Å²) in [5, 5.41) is 4.21. The van der Waals surface area contributed by atoms with Crippen LogP contribution in [0.4, 0.5) is 5.82 Å². The lowest BCUT2D eigenvalue weighted by molar-refractivity contribution is 0.696. The maximum absolute atomic E-state index is 5.88. The second kappa shape index (κ2) is 4.29. The van der Waals surface area contributed by atoms with Crippen molar-refractivity contribution in [2.45, 2.75) is 20.4 Å². The van der Waals surface area contributed by atoms with Crippen molar-refractivity contribution in [1.29, 1.82) is 0 Å². The highest BCUT2D eigenvalue weighted by atomic mass is 79.9. The minimum atomic E-state index is 0.666. The van der Waals surface area contributed by atoms with Crippen molar-refractivity contribution in [2.75, 3.05) is 5.73 Å². The molecule has 2 aromatic rings. The lowest BCUT2D eigenvalue weighted by atomic mass is 10.1. The molecular formula is C12H14BrN3. The zero-order chi connectivity index (χ0) is 11.7. The smallest absolute Gasteiger partial charge is 0.136 e. The first-order valence-electron chi connectivity index (χ1n) is 5.10. The van der Waals surface area contributed by atoms with E-state index < -0.39 is 0 Å². The monoisotopic (exact) mass is 279 g/mol. The van der Waals surface area contributed by atoms with Gasteiger partial charge in [-0.3, -0.25) is 0 Å². The van der Waals surface area contributed by atoms with E-state index in [1.54, 1.807) is 10.9 Å². The molecule has 1 aromatic carbocycles. The van der Waals surface area contributed by atoms with Crippen LogP contribution in [-0.4, -0.2) is 9.78 Å². The molecule has 0 aliphatic carbocycles. The normalized spacial score (nSPS) is 10.7. The first-order chi connectivity index (χ1) is 7.56. The molecule has 0 atom stereocenters. The number of rotatable bonds is 2. The third kappa shape index (κ3) is 2.27. The molecule has 0 radical (unpaired) electrons. The van der Waals surface area contributed by atoms with Crippen molar-refractivity contribution in [1.82, 2.24) is 9.78 Å². The van der Waals surface area contributed by atoms with E-state index in [2.05, 4.69) is 53.1 Å². The molecule has 3 nitrogen and oxygen atoms in total. The summed E-state index contributed by atoms with van der Waals surface area (Å²) in [5.74, 6) is 0.666. The molecule has 1 heterocycles. The Morgan fingerprint density at radius 3 is 2.38 bits per heavy atom. The largest absolute Gasteiger partial charge is 0.383 e. The highest BCUT2D eigenvalue weighted by molar-refractivity contribution is 9.10. The Morgan fingerprint density at radius 2 is 1.88 bits per heavy atom. The molecule has 84 valence electrons. The van der Waals surface area contributed by atoms with Crippen molar-refractivity contribution in [3.05, 3.63) is 45.6 Å². The van der Waals surface area contributed by atoms with Crippen LogP contribution in [0.2, 0.25) is 0 Å². The number of hydrogen-bond acceptors (Lipinski definition) is 2. The summed E-state index contributed by atoms with van der Waals surface area (Å²) in [6.07, 6.45) is 1.72. The van der Waals surface area contributed by atoms with Gasteiger partial charge in [-0.05, 0) is 35.3 Å². The van der Waals surface area contributed by atoms with Gasteiger partial charge in [0, 0.05) is 0 Å². The Kier molecular flexibility index (Phi) is 3.01. The number of aromatic nitrogens is 2. The fourth-order valence-electron chi connectivity index (χ4n) is 1.83. The Labute approximate surface area is 103 Å². The summed E-state index contributed by atoms with van der Waals surface area (Å²) >= 11 is 3.35. The number of anilines is 1. The highest BCUT2D eigenvalue weighted by Crippen LogP contribution is 2.19. The van der Waals surface area contributed by atoms with Crippen LogP contribution in [0.5, 0.6) is 0 Å². The van der Waals surface area contributed by atoms with Gasteiger partial charge in [-0.2, -0.15) is 5.10 Å². The molecule has 0 saturated carbocycles. The van der Waals surface area contributed by atoms with Crippen LogP contribution < -0.4 is 5.73 Å². The van der Waals surface area contributed by atoms with Gasteiger partial charge in [-0.1, -0.05) is 29.3 Å². The molecule has 0 unspecified atom stereocenters. The van der Waals surface area contributed by atoms with Gasteiger partial charge < -0.3 is 5.73 Å². The van der Waals surface area contributed by atoms with E-state index >= 15 is 0 Å². The van der Waals surface area contributed by atoms with E-state index in [0.717, 1.165) is 4.47 Å². The zero-order valence-corrected chi connectivity index (χ0v) is 11.0. The molecule has 2 rings (SSSR count). The summed E-state index contributed by atoms with van der Waals surface area (Å²) in [4.78, 5) is 0. The molecule has 2 N–H and O–H groups in total. The first-order valence-corrected chi connectivity index (χ1v) is 5.89. The number of nitrogens with zero attached hydrogens (tertiary/aromatic N) is 2. The third-order valence-electron chi connectivity index (χ3n) is 2.45. The van der Waals surface area contributed by atoms with E-state index in [9.17, 15) is 0 Å². The van der Waals surface area contributed by atoms with Crippen LogP contribution in [0.15, 0.2) is 28.9 Å². The van der Waals surface area contributed by atoms with E-state index in [1.807, 2.05) is 0 Å². The Balaban J connectivity index is 2.30. The van der Waals surface area contributed by atoms with Crippen LogP contribution >= 0.6 is 15.9 Å². The maximum atomic E-state index is 5.88. The number of benzene rings is 1. The highest BCUT2D eigenvalue weighted by Gasteiger charge is 2.05. The Bertz CT molecular complexity index is 497. The molecule has 0 spiro atoms. The number of halogens is 1. The molecule has 0 aliphatic heterocycles. The summed E-state index contributed by atoms with van der Waals surface area (Å²) in [6, 6.07) is 6.47. The van der Waals surface area contributed by atoms with Crippen LogP contribution in [0.25, 0.3) is 0 Å². The number of aryl methyl sites for hydroxylation is 2. The van der Waals surface area contributed by atoms with Crippen LogP contribution in [-0.2, 0) is 6.54 Å². The lowest BCUT2D eigenvalue weighted by Crippen LogP contribution is -2.06. The molecule has 4 heteroatoms. The predicted molar refractivity (Wildman–Crippen MR) is 69.4 cm³/mol. The Morgan fingerprint density at radius 1 is 1.25 bits per heavy atom. The summed E-state index contributed by atoms with van der Waals surface area (Å²) in [7, 11) is 0. The summed E-state index contributed by atoms with van der Waals surface area (Å²) < 4.78 is 2.63. The van der Waals surface area contributed by atoms with Gasteiger partial charge in [-0.15, -0.1) is 0 Å². The van der Waals surface area contributed by atoms with Crippen molar-refractivity contribution >= 4 is 21.7 Å². The average molecular weight is 280 g/mol. The minimum Gasteiger partial charge on any atom is -0.383 e. The average Bonchev–Trinajstić information content (AvgIpc) is 2.48. The number of nitrogens with two attached hydrogens (primary N) is 1. The fraction of sp³-hybridized carbons (Fsp3) is 0.250. The molecule has 0 fully saturated rings. The molecule has 0 bridgehead atoms. The van der Waals surface area contributed by atoms with Gasteiger partial charge in [-0.25, -0.2) is 4.68 Å². The van der Waals surface area contributed by atoms with Crippen LogP contribution in [0, 0.1) is 13.8 Å². The fourth-order valence-corrected chi connectivity index (χ4v) is 2.13. The van der Waals surface area contributed by atoms with Crippen molar-refractivity contribution in [3.8, 4) is 0 Å². The molecule has 16 heavy (non-hydrogen) atoms. The minimum absolute atomic E-state index is 0.666. The maximum Gasteiger partial charge on any atom is 0.136 e. The molecule has 0 saturated heterocycles. The van der Waals surface area contributed by atoms with Crippen LogP contribution in [0.1, 0.15) is 16.7 Å². The van der Waals surface area contributed by atoms with Gasteiger partial charge in [0.05, 0.1) is 17.2 Å². The summed E-state index contributed by atoms with van der Waals surface area (Å²) in [6.45, 7) is 4.90. The SMILES string of the molecule is Cc1cc(C)cc(Cn2ncc(Br)c2N)c1. The second-order valence-electron chi connectivity index (χ2n) is 4.03. The van der Waals surface area contributed by atoms with Gasteiger partial charge in [0.15, 0.2) is 0 Å². The topological polar surface area (TPSA) is 43.8 Å². The second-order valence-corrected chi connectivity index (χ2v) is 4.89. The van der Waals surface area contributed by atoms with E-state index in [4.69, 9.17) is 5.73 Å². The quantitative estimate of drug-likeness (QED) is 0.919. The van der Waals surface area contributed by atoms with Gasteiger partial charge in [0.25, 0.3) is 0 Å². The predicted octanol–water partition coefficient (Wildman–Crippen LogP) is 2.89. The third-order valence-corrected chi connectivity index (χ3v) is 3.06. The van der Waals surface area contributed by atoms with Crippen molar-refractivity contribution < 1.29 is 0 Å². The molecule has 0 amide bonds. The molecular weight excluding hydrogens is 266 g/mol. The van der Waals surface area contributed by atoms with Crippen LogP contribution in [0.3, 0.4) is 0 Å².